The van der Waals surface area contributed by atoms with Crippen LogP contribution < -0.4 is 0 Å². The van der Waals surface area contributed by atoms with Crippen LogP contribution in [-0.2, 0) is 15.5 Å². The molecule has 0 aromatic heterocycles. The minimum atomic E-state index is -1.44. The van der Waals surface area contributed by atoms with Crippen molar-refractivity contribution in [3.63, 3.8) is 0 Å². The number of methoxy groups -OCH3 is 1. The first kappa shape index (κ1) is 18.0. The number of carbonyl (C=O) groups excluding carboxylic acids is 1. The van der Waals surface area contributed by atoms with E-state index >= 15 is 0 Å². The van der Waals surface area contributed by atoms with Crippen LogP contribution >= 0.6 is 23.2 Å². The Morgan fingerprint density at radius 1 is 1.04 bits per heavy atom. The van der Waals surface area contributed by atoms with Gasteiger partial charge < -0.3 is 4.74 Å². The summed E-state index contributed by atoms with van der Waals surface area (Å²) >= 11 is 12.7. The molecule has 2 aromatic rings. The molecule has 0 radical (unpaired) electrons. The molecule has 0 saturated heterocycles. The number of rotatable bonds is 5. The number of aryl methyl sites for hydroxylation is 1. The topological polar surface area (TPSA) is 43.4 Å². The van der Waals surface area contributed by atoms with Gasteiger partial charge in [-0.25, -0.2) is 4.79 Å². The van der Waals surface area contributed by atoms with E-state index in [2.05, 4.69) is 4.74 Å². The number of hydrogen-bond acceptors (Lipinski definition) is 3. The summed E-state index contributed by atoms with van der Waals surface area (Å²) in [4.78, 5) is 12.1. The van der Waals surface area contributed by atoms with Gasteiger partial charge in [0.15, 0.2) is 0 Å². The molecular weight excluding hydrogens is 355 g/mol. The fourth-order valence-electron chi connectivity index (χ4n) is 1.98. The summed E-state index contributed by atoms with van der Waals surface area (Å²) in [5.74, 6) is -0.423. The van der Waals surface area contributed by atoms with Crippen LogP contribution in [0.3, 0.4) is 0 Å². The van der Waals surface area contributed by atoms with Gasteiger partial charge in [0.25, 0.3) is 0 Å². The van der Waals surface area contributed by atoms with E-state index in [1.807, 2.05) is 19.1 Å². The minimum Gasteiger partial charge on any atom is -0.465 e. The molecule has 0 amide bonds. The molecule has 6 heteroatoms. The van der Waals surface area contributed by atoms with Crippen molar-refractivity contribution in [2.45, 2.75) is 21.9 Å². The van der Waals surface area contributed by atoms with Gasteiger partial charge in [-0.2, -0.15) is 0 Å². The highest BCUT2D eigenvalue weighted by molar-refractivity contribution is 7.87. The number of benzene rings is 2. The van der Waals surface area contributed by atoms with Crippen LogP contribution in [0.5, 0.6) is 0 Å². The van der Waals surface area contributed by atoms with Crippen molar-refractivity contribution in [1.82, 2.24) is 0 Å². The van der Waals surface area contributed by atoms with Gasteiger partial charge in [-0.15, -0.1) is 23.2 Å². The molecule has 0 spiro atoms. The van der Waals surface area contributed by atoms with Gasteiger partial charge in [-0.05, 0) is 36.8 Å². The highest BCUT2D eigenvalue weighted by Crippen LogP contribution is 2.32. The molecule has 0 aliphatic rings. The van der Waals surface area contributed by atoms with E-state index in [4.69, 9.17) is 23.2 Å². The summed E-state index contributed by atoms with van der Waals surface area (Å²) in [6, 6.07) is 13.9. The molecular formula is C17H16Cl2O3S. The molecule has 0 bridgehead atoms. The van der Waals surface area contributed by atoms with Crippen LogP contribution in [0.4, 0.5) is 0 Å². The monoisotopic (exact) mass is 370 g/mol. The van der Waals surface area contributed by atoms with Crippen LogP contribution in [0, 0.1) is 6.92 Å². The first-order chi connectivity index (χ1) is 10.9. The fraction of sp³-hybridized carbons (Fsp3) is 0.235. The number of ether oxygens (including phenoxy) is 1. The molecule has 122 valence electrons. The Hall–Kier alpha value is -1.36. The van der Waals surface area contributed by atoms with E-state index in [1.165, 1.54) is 7.11 Å². The first-order valence-corrected chi connectivity index (χ1v) is 8.96. The Labute approximate surface area is 148 Å². The lowest BCUT2D eigenvalue weighted by Crippen LogP contribution is -2.15. The zero-order chi connectivity index (χ0) is 17.0. The van der Waals surface area contributed by atoms with Gasteiger partial charge in [0.2, 0.25) is 0 Å². The number of alkyl halides is 2. The fourth-order valence-corrected chi connectivity index (χ4v) is 3.90. The Morgan fingerprint density at radius 2 is 1.61 bits per heavy atom. The summed E-state index contributed by atoms with van der Waals surface area (Å²) in [6.45, 7) is 1.96. The third-order valence-electron chi connectivity index (χ3n) is 3.34. The second-order valence-corrected chi connectivity index (χ2v) is 7.75. The largest absolute Gasteiger partial charge is 0.465 e. The summed E-state index contributed by atoms with van der Waals surface area (Å²) in [5.41, 5.74) is 2.20. The lowest BCUT2D eigenvalue weighted by Gasteiger charge is -2.16. The third kappa shape index (κ3) is 4.34. The van der Waals surface area contributed by atoms with Crippen LogP contribution in [0.1, 0.15) is 26.9 Å². The molecule has 0 N–H and O–H groups in total. The molecule has 0 aliphatic carbocycles. The quantitative estimate of drug-likeness (QED) is 0.577. The maximum atomic E-state index is 12.5. The van der Waals surface area contributed by atoms with Crippen LogP contribution in [0.25, 0.3) is 0 Å². The van der Waals surface area contributed by atoms with Crippen LogP contribution in [0.15, 0.2) is 53.4 Å². The van der Waals surface area contributed by atoms with Crippen molar-refractivity contribution in [3.8, 4) is 0 Å². The molecule has 23 heavy (non-hydrogen) atoms. The summed E-state index contributed by atoms with van der Waals surface area (Å²) in [6.07, 6.45) is 0. The SMILES string of the molecule is COC(=O)c1ccc([C@@H](Cl)[C@@H](Cl)S(=O)c2ccc(C)cc2)cc1. The van der Waals surface area contributed by atoms with Gasteiger partial charge in [0.05, 0.1) is 28.8 Å². The van der Waals surface area contributed by atoms with E-state index in [0.29, 0.717) is 16.0 Å². The number of esters is 1. The summed E-state index contributed by atoms with van der Waals surface area (Å²) in [7, 11) is -0.121. The average molecular weight is 371 g/mol. The van der Waals surface area contributed by atoms with Crippen LogP contribution in [0.2, 0.25) is 0 Å². The standard InChI is InChI=1S/C17H16Cl2O3S/c1-11-3-9-14(10-4-11)23(21)16(19)15(18)12-5-7-13(8-6-12)17(20)22-2/h3-10,15-16H,1-2H3/t15-,16+,23?/m1/s1. The summed E-state index contributed by atoms with van der Waals surface area (Å²) < 4.78 is 16.4. The zero-order valence-electron chi connectivity index (χ0n) is 12.7. The predicted molar refractivity (Wildman–Crippen MR) is 93.6 cm³/mol. The van der Waals surface area contributed by atoms with Crippen molar-refractivity contribution in [2.24, 2.45) is 0 Å². The molecule has 2 aromatic carbocycles. The van der Waals surface area contributed by atoms with Gasteiger partial charge in [0.1, 0.15) is 4.71 Å². The highest BCUT2D eigenvalue weighted by atomic mass is 35.5. The van der Waals surface area contributed by atoms with E-state index in [1.54, 1.807) is 36.4 Å². The lowest BCUT2D eigenvalue weighted by atomic mass is 10.1. The molecule has 0 saturated carbocycles. The van der Waals surface area contributed by atoms with Crippen molar-refractivity contribution < 1.29 is 13.7 Å². The normalized spacial score (nSPS) is 14.8. The second-order valence-electron chi connectivity index (χ2n) is 4.98. The molecule has 0 heterocycles. The Bertz CT molecular complexity index is 699. The number of hydrogen-bond donors (Lipinski definition) is 0. The number of carbonyl (C=O) groups is 1. The molecule has 2 rings (SSSR count). The maximum Gasteiger partial charge on any atom is 0.337 e. The lowest BCUT2D eigenvalue weighted by molar-refractivity contribution is 0.0600. The Kier molecular flexibility index (Phi) is 6.22. The van der Waals surface area contributed by atoms with E-state index in [9.17, 15) is 9.00 Å². The molecule has 1 unspecified atom stereocenters. The average Bonchev–Trinajstić information content (AvgIpc) is 2.60. The van der Waals surface area contributed by atoms with Crippen molar-refractivity contribution in [2.75, 3.05) is 7.11 Å². The van der Waals surface area contributed by atoms with Crippen molar-refractivity contribution in [3.05, 3.63) is 65.2 Å². The van der Waals surface area contributed by atoms with E-state index in [-0.39, 0.29) is 0 Å². The first-order valence-electron chi connectivity index (χ1n) is 6.87. The molecule has 0 aliphatic heterocycles. The minimum absolute atomic E-state index is 0.422. The van der Waals surface area contributed by atoms with Gasteiger partial charge in [-0.3, -0.25) is 4.21 Å². The Balaban J connectivity index is 2.15. The van der Waals surface area contributed by atoms with Gasteiger partial charge in [0, 0.05) is 4.90 Å². The van der Waals surface area contributed by atoms with Gasteiger partial charge in [-0.1, -0.05) is 29.8 Å². The van der Waals surface area contributed by atoms with Crippen molar-refractivity contribution in [1.29, 1.82) is 0 Å². The smallest absolute Gasteiger partial charge is 0.337 e. The summed E-state index contributed by atoms with van der Waals surface area (Å²) in [5, 5.41) is -0.648. The number of halogens is 2. The van der Waals surface area contributed by atoms with Crippen molar-refractivity contribution >= 4 is 40.0 Å². The second kappa shape index (κ2) is 7.95. The molecule has 3 atom stereocenters. The Morgan fingerprint density at radius 3 is 2.13 bits per heavy atom. The van der Waals surface area contributed by atoms with E-state index < -0.39 is 26.9 Å². The molecule has 3 nitrogen and oxygen atoms in total. The predicted octanol–water partition coefficient (Wildman–Crippen LogP) is 4.43. The van der Waals surface area contributed by atoms with Gasteiger partial charge >= 0.3 is 5.97 Å². The highest BCUT2D eigenvalue weighted by Gasteiger charge is 2.26. The maximum absolute atomic E-state index is 12.5. The third-order valence-corrected chi connectivity index (χ3v) is 6.28. The molecule has 0 fully saturated rings. The zero-order valence-corrected chi connectivity index (χ0v) is 15.0. The van der Waals surface area contributed by atoms with Crippen LogP contribution in [-0.4, -0.2) is 22.0 Å². The van der Waals surface area contributed by atoms with E-state index in [0.717, 1.165) is 5.56 Å².